The van der Waals surface area contributed by atoms with Crippen molar-refractivity contribution in [3.63, 3.8) is 0 Å². The Labute approximate surface area is 211 Å². The van der Waals surface area contributed by atoms with Crippen LogP contribution in [0.1, 0.15) is 38.5 Å². The van der Waals surface area contributed by atoms with Crippen LogP contribution in [0.2, 0.25) is 10.0 Å². The van der Waals surface area contributed by atoms with Gasteiger partial charge in [0.2, 0.25) is 15.9 Å². The monoisotopic (exact) mass is 524 g/mol. The Morgan fingerprint density at radius 1 is 0.941 bits per heavy atom. The summed E-state index contributed by atoms with van der Waals surface area (Å²) in [7, 11) is -3.75. The number of sulfonamides is 1. The van der Waals surface area contributed by atoms with E-state index in [4.69, 9.17) is 27.9 Å². The van der Waals surface area contributed by atoms with E-state index in [9.17, 15) is 13.2 Å². The van der Waals surface area contributed by atoms with Gasteiger partial charge in [-0.1, -0.05) is 29.3 Å². The zero-order valence-corrected chi connectivity index (χ0v) is 21.4. The molecule has 0 N–H and O–H groups in total. The number of nitrogens with zero attached hydrogens (tertiary/aromatic N) is 2. The van der Waals surface area contributed by atoms with Gasteiger partial charge in [0.25, 0.3) is 0 Å². The van der Waals surface area contributed by atoms with Crippen LogP contribution in [0.3, 0.4) is 0 Å². The van der Waals surface area contributed by atoms with Crippen LogP contribution >= 0.6 is 23.2 Å². The van der Waals surface area contributed by atoms with Crippen LogP contribution in [0.4, 0.5) is 0 Å². The third kappa shape index (κ3) is 6.06. The number of carbonyl (C=O) groups is 1. The van der Waals surface area contributed by atoms with Crippen molar-refractivity contribution in [2.75, 3.05) is 32.8 Å². The molecule has 6 nitrogen and oxygen atoms in total. The van der Waals surface area contributed by atoms with Crippen LogP contribution in [0, 0.1) is 5.41 Å². The van der Waals surface area contributed by atoms with Crippen LogP contribution in [-0.4, -0.2) is 56.3 Å². The first-order chi connectivity index (χ1) is 16.3. The SMILES string of the molecule is O=C(CC1(COc2ccc(Cl)cc2)CCCN(S(=O)(=O)c2cccc(Cl)c2)C1)N1CCCCC1. The molecule has 0 saturated carbocycles. The maximum atomic E-state index is 13.4. The minimum absolute atomic E-state index is 0.0707. The first kappa shape index (κ1) is 25.3. The summed E-state index contributed by atoms with van der Waals surface area (Å²) in [5, 5.41) is 0.981. The molecule has 0 aliphatic carbocycles. The molecule has 9 heteroatoms. The van der Waals surface area contributed by atoms with Gasteiger partial charge in [-0.15, -0.1) is 0 Å². The summed E-state index contributed by atoms with van der Waals surface area (Å²) in [5.41, 5.74) is -0.627. The van der Waals surface area contributed by atoms with Crippen molar-refractivity contribution < 1.29 is 17.9 Å². The third-order valence-electron chi connectivity index (χ3n) is 6.65. The van der Waals surface area contributed by atoms with E-state index >= 15 is 0 Å². The second-order valence-corrected chi connectivity index (χ2v) is 12.1. The van der Waals surface area contributed by atoms with E-state index in [2.05, 4.69) is 0 Å². The van der Waals surface area contributed by atoms with Gasteiger partial charge in [-0.05, 0) is 74.6 Å². The number of carbonyl (C=O) groups excluding carboxylic acids is 1. The van der Waals surface area contributed by atoms with Gasteiger partial charge in [0.05, 0.1) is 11.5 Å². The quantitative estimate of drug-likeness (QED) is 0.496. The summed E-state index contributed by atoms with van der Waals surface area (Å²) < 4.78 is 34.5. The highest BCUT2D eigenvalue weighted by atomic mass is 35.5. The standard InChI is InChI=1S/C25H30Cl2N2O4S/c26-20-8-10-22(11-9-20)33-19-25(17-24(30)28-13-2-1-3-14-28)12-5-15-29(18-25)34(31,32)23-7-4-6-21(27)16-23/h4,6-11,16H,1-3,5,12-15,17-19H2. The van der Waals surface area contributed by atoms with E-state index in [1.54, 1.807) is 42.5 Å². The fourth-order valence-corrected chi connectivity index (χ4v) is 6.82. The molecule has 2 aliphatic heterocycles. The van der Waals surface area contributed by atoms with Gasteiger partial charge < -0.3 is 9.64 Å². The number of rotatable bonds is 7. The number of hydrogen-bond donors (Lipinski definition) is 0. The van der Waals surface area contributed by atoms with Crippen LogP contribution in [0.15, 0.2) is 53.4 Å². The molecular weight excluding hydrogens is 495 g/mol. The van der Waals surface area contributed by atoms with Crippen molar-refractivity contribution in [2.45, 2.75) is 43.4 Å². The zero-order chi connectivity index (χ0) is 24.2. The maximum Gasteiger partial charge on any atom is 0.243 e. The Morgan fingerprint density at radius 3 is 2.38 bits per heavy atom. The predicted molar refractivity (Wildman–Crippen MR) is 134 cm³/mol. The number of amides is 1. The molecule has 1 atom stereocenters. The lowest BCUT2D eigenvalue weighted by Crippen LogP contribution is -2.51. The normalized spacial score (nSPS) is 21.9. The van der Waals surface area contributed by atoms with E-state index in [0.29, 0.717) is 35.2 Å². The van der Waals surface area contributed by atoms with Gasteiger partial charge in [0.15, 0.2) is 0 Å². The molecule has 0 radical (unpaired) electrons. The van der Waals surface area contributed by atoms with E-state index < -0.39 is 15.4 Å². The fourth-order valence-electron chi connectivity index (χ4n) is 4.80. The average Bonchev–Trinajstić information content (AvgIpc) is 2.84. The molecule has 2 aliphatic rings. The molecule has 2 fully saturated rings. The molecule has 0 aromatic heterocycles. The predicted octanol–water partition coefficient (Wildman–Crippen LogP) is 5.25. The minimum Gasteiger partial charge on any atom is -0.493 e. The van der Waals surface area contributed by atoms with Crippen molar-refractivity contribution >= 4 is 39.1 Å². The maximum absolute atomic E-state index is 13.4. The number of benzene rings is 2. The van der Waals surface area contributed by atoms with E-state index in [-0.39, 0.29) is 30.4 Å². The lowest BCUT2D eigenvalue weighted by atomic mass is 9.78. The van der Waals surface area contributed by atoms with Crippen molar-refractivity contribution in [1.29, 1.82) is 0 Å². The Hall–Kier alpha value is -1.80. The van der Waals surface area contributed by atoms with Crippen molar-refractivity contribution in [2.24, 2.45) is 5.41 Å². The molecule has 1 amide bonds. The second-order valence-electron chi connectivity index (χ2n) is 9.26. The summed E-state index contributed by atoms with van der Waals surface area (Å²) in [4.78, 5) is 15.3. The number of likely N-dealkylation sites (tertiary alicyclic amines) is 1. The van der Waals surface area contributed by atoms with Gasteiger partial charge in [-0.25, -0.2) is 8.42 Å². The molecule has 4 rings (SSSR count). The summed E-state index contributed by atoms with van der Waals surface area (Å²) in [6.07, 6.45) is 4.77. The summed E-state index contributed by atoms with van der Waals surface area (Å²) in [6.45, 7) is 2.38. The minimum atomic E-state index is -3.75. The van der Waals surface area contributed by atoms with Crippen molar-refractivity contribution in [3.8, 4) is 5.75 Å². The van der Waals surface area contributed by atoms with Gasteiger partial charge in [0.1, 0.15) is 5.75 Å². The Balaban J connectivity index is 1.58. The van der Waals surface area contributed by atoms with E-state index in [0.717, 1.165) is 32.4 Å². The topological polar surface area (TPSA) is 66.9 Å². The van der Waals surface area contributed by atoms with Gasteiger partial charge in [0, 0.05) is 48.1 Å². The molecule has 0 bridgehead atoms. The highest BCUT2D eigenvalue weighted by Gasteiger charge is 2.43. The first-order valence-electron chi connectivity index (χ1n) is 11.7. The second kappa shape index (κ2) is 10.9. The smallest absolute Gasteiger partial charge is 0.243 e. The Bertz CT molecular complexity index is 1100. The molecule has 184 valence electrons. The molecular formula is C25H30Cl2N2O4S. The molecule has 34 heavy (non-hydrogen) atoms. The van der Waals surface area contributed by atoms with Crippen LogP contribution in [0.5, 0.6) is 5.75 Å². The van der Waals surface area contributed by atoms with Crippen LogP contribution in [-0.2, 0) is 14.8 Å². The van der Waals surface area contributed by atoms with E-state index in [1.807, 2.05) is 4.90 Å². The number of hydrogen-bond acceptors (Lipinski definition) is 4. The molecule has 2 aromatic carbocycles. The average molecular weight is 525 g/mol. The van der Waals surface area contributed by atoms with Crippen molar-refractivity contribution in [3.05, 3.63) is 58.6 Å². The summed E-state index contributed by atoms with van der Waals surface area (Å²) in [5.74, 6) is 0.713. The molecule has 1 unspecified atom stereocenters. The van der Waals surface area contributed by atoms with Crippen molar-refractivity contribution in [1.82, 2.24) is 9.21 Å². The highest BCUT2D eigenvalue weighted by Crippen LogP contribution is 2.38. The van der Waals surface area contributed by atoms with Crippen LogP contribution < -0.4 is 4.74 Å². The van der Waals surface area contributed by atoms with Gasteiger partial charge >= 0.3 is 0 Å². The molecule has 2 aromatic rings. The fraction of sp³-hybridized carbons (Fsp3) is 0.480. The van der Waals surface area contributed by atoms with Gasteiger partial charge in [-0.2, -0.15) is 4.31 Å². The zero-order valence-electron chi connectivity index (χ0n) is 19.1. The number of piperidine rings is 2. The largest absolute Gasteiger partial charge is 0.493 e. The third-order valence-corrected chi connectivity index (χ3v) is 8.98. The summed E-state index contributed by atoms with van der Waals surface area (Å²) >= 11 is 12.1. The molecule has 0 spiro atoms. The number of halogens is 2. The Kier molecular flexibility index (Phi) is 8.08. The number of ether oxygens (including phenoxy) is 1. The lowest BCUT2D eigenvalue weighted by molar-refractivity contribution is -0.136. The summed E-state index contributed by atoms with van der Waals surface area (Å²) in [6, 6.07) is 13.4. The highest BCUT2D eigenvalue weighted by molar-refractivity contribution is 7.89. The van der Waals surface area contributed by atoms with Gasteiger partial charge in [-0.3, -0.25) is 4.79 Å². The Morgan fingerprint density at radius 2 is 1.68 bits per heavy atom. The van der Waals surface area contributed by atoms with E-state index in [1.165, 1.54) is 10.4 Å². The lowest BCUT2D eigenvalue weighted by Gasteiger charge is -2.42. The van der Waals surface area contributed by atoms with Crippen LogP contribution in [0.25, 0.3) is 0 Å². The molecule has 2 saturated heterocycles. The first-order valence-corrected chi connectivity index (χ1v) is 13.9. The molecule has 2 heterocycles.